The van der Waals surface area contributed by atoms with E-state index in [4.69, 9.17) is 15.0 Å². The van der Waals surface area contributed by atoms with Gasteiger partial charge in [0.2, 0.25) is 0 Å². The van der Waals surface area contributed by atoms with Crippen molar-refractivity contribution in [3.05, 3.63) is 188 Å². The van der Waals surface area contributed by atoms with Crippen LogP contribution in [-0.2, 0) is 0 Å². The summed E-state index contributed by atoms with van der Waals surface area (Å²) >= 11 is 0. The lowest BCUT2D eigenvalue weighted by Gasteiger charge is -2.15. The van der Waals surface area contributed by atoms with E-state index in [1.165, 1.54) is 32.8 Å². The van der Waals surface area contributed by atoms with E-state index in [1.54, 1.807) is 0 Å². The standard InChI is InChI=1S/C49H31N3/c1-4-11-32(12-5-1)42-31-46(35-15-8-3-9-16-35)50-45-30-27-40-39(17-10-18-41(40)47(42)45)33-19-21-36(22-20-33)44-29-26-38-24-23-37-25-28-43(34-13-6-2-7-14-34)51-48(37)49(38)52-44/h1-31H. The van der Waals surface area contributed by atoms with E-state index in [1.807, 2.05) is 24.3 Å². The summed E-state index contributed by atoms with van der Waals surface area (Å²) in [7, 11) is 0. The average Bonchev–Trinajstić information content (AvgIpc) is 3.23. The molecular formula is C49H31N3. The monoisotopic (exact) mass is 661 g/mol. The summed E-state index contributed by atoms with van der Waals surface area (Å²) in [5, 5.41) is 5.71. The quantitative estimate of drug-likeness (QED) is 0.172. The van der Waals surface area contributed by atoms with Crippen LogP contribution in [0.5, 0.6) is 0 Å². The maximum Gasteiger partial charge on any atom is 0.0972 e. The highest BCUT2D eigenvalue weighted by Gasteiger charge is 2.15. The topological polar surface area (TPSA) is 38.7 Å². The Kier molecular flexibility index (Phi) is 7.14. The molecule has 0 aliphatic carbocycles. The fourth-order valence-corrected chi connectivity index (χ4v) is 7.47. The van der Waals surface area contributed by atoms with Gasteiger partial charge in [0.05, 0.1) is 33.6 Å². The maximum atomic E-state index is 5.19. The molecule has 52 heavy (non-hydrogen) atoms. The minimum atomic E-state index is 0.913. The van der Waals surface area contributed by atoms with Gasteiger partial charge in [0.1, 0.15) is 0 Å². The molecule has 0 spiro atoms. The Bertz CT molecular complexity index is 2920. The zero-order valence-corrected chi connectivity index (χ0v) is 28.2. The fraction of sp³-hybridized carbons (Fsp3) is 0. The minimum Gasteiger partial charge on any atom is -0.248 e. The highest BCUT2D eigenvalue weighted by Crippen LogP contribution is 2.40. The van der Waals surface area contributed by atoms with Crippen LogP contribution in [0.2, 0.25) is 0 Å². The van der Waals surface area contributed by atoms with E-state index < -0.39 is 0 Å². The molecule has 10 aromatic rings. The number of rotatable bonds is 5. The zero-order valence-electron chi connectivity index (χ0n) is 28.2. The molecule has 3 nitrogen and oxygen atoms in total. The molecule has 0 unspecified atom stereocenters. The Morgan fingerprint density at radius 3 is 1.40 bits per heavy atom. The van der Waals surface area contributed by atoms with E-state index in [2.05, 4.69) is 164 Å². The van der Waals surface area contributed by atoms with Crippen LogP contribution in [0, 0.1) is 0 Å². The molecule has 3 aromatic heterocycles. The van der Waals surface area contributed by atoms with Crippen LogP contribution in [0.1, 0.15) is 0 Å². The maximum absolute atomic E-state index is 5.19. The Labute approximate surface area is 301 Å². The molecule has 0 saturated heterocycles. The summed E-state index contributed by atoms with van der Waals surface area (Å²) < 4.78 is 0. The lowest BCUT2D eigenvalue weighted by atomic mass is 9.91. The van der Waals surface area contributed by atoms with Gasteiger partial charge in [0.15, 0.2) is 0 Å². The van der Waals surface area contributed by atoms with Gasteiger partial charge in [-0.2, -0.15) is 0 Å². The molecule has 3 heteroatoms. The summed E-state index contributed by atoms with van der Waals surface area (Å²) in [5.41, 5.74) is 13.6. The van der Waals surface area contributed by atoms with Crippen LogP contribution in [0.15, 0.2) is 188 Å². The van der Waals surface area contributed by atoms with Crippen LogP contribution in [-0.4, -0.2) is 15.0 Å². The average molecular weight is 662 g/mol. The van der Waals surface area contributed by atoms with E-state index in [0.717, 1.165) is 66.7 Å². The first-order chi connectivity index (χ1) is 25.8. The van der Waals surface area contributed by atoms with Crippen LogP contribution < -0.4 is 0 Å². The largest absolute Gasteiger partial charge is 0.248 e. The third kappa shape index (κ3) is 5.19. The Hall–Kier alpha value is -6.97. The van der Waals surface area contributed by atoms with Gasteiger partial charge in [-0.15, -0.1) is 0 Å². The SMILES string of the molecule is c1ccc(-c2cc(-c3ccccc3)c3c(ccc4c(-c5ccc(-c6ccc7ccc8ccc(-c9ccccc9)nc8c7n6)cc5)cccc43)n2)cc1. The third-order valence-electron chi connectivity index (χ3n) is 10.1. The van der Waals surface area contributed by atoms with Crippen molar-refractivity contribution in [1.29, 1.82) is 0 Å². The predicted molar refractivity (Wildman–Crippen MR) is 217 cm³/mol. The van der Waals surface area contributed by atoms with Crippen molar-refractivity contribution in [3.63, 3.8) is 0 Å². The molecule has 242 valence electrons. The number of nitrogens with zero attached hydrogens (tertiary/aromatic N) is 3. The second-order valence-electron chi connectivity index (χ2n) is 13.2. The molecule has 0 radical (unpaired) electrons. The predicted octanol–water partition coefficient (Wildman–Crippen LogP) is 12.8. The van der Waals surface area contributed by atoms with Crippen LogP contribution >= 0.6 is 0 Å². The molecule has 10 rings (SSSR count). The number of aromatic nitrogens is 3. The molecule has 0 bridgehead atoms. The van der Waals surface area contributed by atoms with Gasteiger partial charge in [-0.1, -0.05) is 164 Å². The van der Waals surface area contributed by atoms with Gasteiger partial charge in [-0.3, -0.25) is 0 Å². The molecular weight excluding hydrogens is 631 g/mol. The van der Waals surface area contributed by atoms with Gasteiger partial charge >= 0.3 is 0 Å². The molecule has 0 fully saturated rings. The van der Waals surface area contributed by atoms with Crippen molar-refractivity contribution < 1.29 is 0 Å². The van der Waals surface area contributed by atoms with Gasteiger partial charge in [-0.05, 0) is 57.3 Å². The molecule has 0 N–H and O–H groups in total. The fourth-order valence-electron chi connectivity index (χ4n) is 7.47. The van der Waals surface area contributed by atoms with E-state index in [9.17, 15) is 0 Å². The molecule has 3 heterocycles. The first-order valence-electron chi connectivity index (χ1n) is 17.6. The highest BCUT2D eigenvalue weighted by molar-refractivity contribution is 6.17. The summed E-state index contributed by atoms with van der Waals surface area (Å²) in [6, 6.07) is 66.2. The Morgan fingerprint density at radius 2 is 0.788 bits per heavy atom. The van der Waals surface area contributed by atoms with Crippen molar-refractivity contribution in [2.45, 2.75) is 0 Å². The number of fused-ring (bicyclic) bond motifs is 6. The van der Waals surface area contributed by atoms with E-state index in [0.29, 0.717) is 0 Å². The molecule has 0 atom stereocenters. The third-order valence-corrected chi connectivity index (χ3v) is 10.1. The van der Waals surface area contributed by atoms with E-state index >= 15 is 0 Å². The molecule has 0 aliphatic rings. The molecule has 0 saturated carbocycles. The number of benzene rings is 7. The van der Waals surface area contributed by atoms with Gasteiger partial charge in [0.25, 0.3) is 0 Å². The Morgan fingerprint density at radius 1 is 0.288 bits per heavy atom. The second-order valence-corrected chi connectivity index (χ2v) is 13.2. The number of hydrogen-bond acceptors (Lipinski definition) is 3. The second kappa shape index (κ2) is 12.4. The van der Waals surface area contributed by atoms with E-state index in [-0.39, 0.29) is 0 Å². The molecule has 0 amide bonds. The first kappa shape index (κ1) is 29.9. The summed E-state index contributed by atoms with van der Waals surface area (Å²) in [5.74, 6) is 0. The van der Waals surface area contributed by atoms with Crippen molar-refractivity contribution in [3.8, 4) is 56.0 Å². The zero-order chi connectivity index (χ0) is 34.4. The van der Waals surface area contributed by atoms with Crippen molar-refractivity contribution in [2.75, 3.05) is 0 Å². The lowest BCUT2D eigenvalue weighted by molar-refractivity contribution is 1.36. The van der Waals surface area contributed by atoms with Crippen LogP contribution in [0.4, 0.5) is 0 Å². The molecule has 7 aromatic carbocycles. The van der Waals surface area contributed by atoms with Gasteiger partial charge < -0.3 is 0 Å². The van der Waals surface area contributed by atoms with Gasteiger partial charge in [0, 0.05) is 32.8 Å². The van der Waals surface area contributed by atoms with Crippen molar-refractivity contribution >= 4 is 43.5 Å². The number of pyridine rings is 3. The number of hydrogen-bond donors (Lipinski definition) is 0. The lowest BCUT2D eigenvalue weighted by Crippen LogP contribution is -1.92. The van der Waals surface area contributed by atoms with Gasteiger partial charge in [-0.25, -0.2) is 15.0 Å². The first-order valence-corrected chi connectivity index (χ1v) is 17.6. The van der Waals surface area contributed by atoms with Crippen LogP contribution in [0.3, 0.4) is 0 Å². The van der Waals surface area contributed by atoms with Crippen LogP contribution in [0.25, 0.3) is 99.5 Å². The summed E-state index contributed by atoms with van der Waals surface area (Å²) in [4.78, 5) is 15.5. The smallest absolute Gasteiger partial charge is 0.0972 e. The normalized spacial score (nSPS) is 11.5. The Balaban J connectivity index is 1.07. The summed E-state index contributed by atoms with van der Waals surface area (Å²) in [6.45, 7) is 0. The highest BCUT2D eigenvalue weighted by atomic mass is 14.8. The van der Waals surface area contributed by atoms with Crippen molar-refractivity contribution in [1.82, 2.24) is 15.0 Å². The molecule has 0 aliphatic heterocycles. The summed E-state index contributed by atoms with van der Waals surface area (Å²) in [6.07, 6.45) is 0. The van der Waals surface area contributed by atoms with Crippen molar-refractivity contribution in [2.24, 2.45) is 0 Å². The minimum absolute atomic E-state index is 0.913.